The van der Waals surface area contributed by atoms with Gasteiger partial charge in [-0.05, 0) is 38.1 Å². The highest BCUT2D eigenvalue weighted by Crippen LogP contribution is 2.22. The van der Waals surface area contributed by atoms with Gasteiger partial charge in [-0.2, -0.15) is 0 Å². The first kappa shape index (κ1) is 15.6. The summed E-state index contributed by atoms with van der Waals surface area (Å²) < 4.78 is 39.5. The van der Waals surface area contributed by atoms with Crippen LogP contribution < -0.4 is 4.72 Å². The molecule has 0 aliphatic heterocycles. The highest BCUT2D eigenvalue weighted by Gasteiger charge is 2.18. The van der Waals surface area contributed by atoms with Gasteiger partial charge in [0.2, 0.25) is 0 Å². The maximum atomic E-state index is 12.2. The minimum Gasteiger partial charge on any atom is -0.461 e. The molecule has 0 radical (unpaired) electrons. The molecule has 0 saturated heterocycles. The molecule has 3 heterocycles. The summed E-state index contributed by atoms with van der Waals surface area (Å²) in [5, 5.41) is -0.0102. The lowest BCUT2D eigenvalue weighted by molar-refractivity contribution is 0.485. The van der Waals surface area contributed by atoms with E-state index in [9.17, 15) is 8.42 Å². The normalized spacial score (nSPS) is 12.1. The van der Waals surface area contributed by atoms with Crippen LogP contribution in [-0.4, -0.2) is 18.0 Å². The average Bonchev–Trinajstić information content (AvgIpc) is 3.23. The van der Waals surface area contributed by atoms with Crippen LogP contribution in [-0.2, 0) is 16.6 Å². The van der Waals surface area contributed by atoms with Crippen molar-refractivity contribution in [3.8, 4) is 11.5 Å². The molecule has 122 valence electrons. The van der Waals surface area contributed by atoms with Gasteiger partial charge < -0.3 is 13.4 Å². The van der Waals surface area contributed by atoms with Crippen LogP contribution in [0.1, 0.15) is 25.6 Å². The Balaban J connectivity index is 1.69. The molecule has 3 aromatic rings. The van der Waals surface area contributed by atoms with Crippen LogP contribution in [0.5, 0.6) is 0 Å². The molecule has 3 rings (SSSR count). The van der Waals surface area contributed by atoms with Gasteiger partial charge in [-0.25, -0.2) is 18.1 Å². The number of hydrogen-bond acceptors (Lipinski definition) is 5. The van der Waals surface area contributed by atoms with Gasteiger partial charge in [-0.15, -0.1) is 0 Å². The fourth-order valence-electron chi connectivity index (χ4n) is 2.00. The summed E-state index contributed by atoms with van der Waals surface area (Å²) in [5.74, 6) is 1.63. The van der Waals surface area contributed by atoms with Crippen molar-refractivity contribution in [1.29, 1.82) is 0 Å². The predicted octanol–water partition coefficient (Wildman–Crippen LogP) is 2.80. The van der Waals surface area contributed by atoms with Crippen LogP contribution in [0.25, 0.3) is 11.5 Å². The monoisotopic (exact) mass is 335 g/mol. The van der Waals surface area contributed by atoms with Crippen molar-refractivity contribution < 1.29 is 17.3 Å². The van der Waals surface area contributed by atoms with Gasteiger partial charge in [-0.1, -0.05) is 0 Å². The van der Waals surface area contributed by atoms with Gasteiger partial charge >= 0.3 is 0 Å². The molecule has 0 unspecified atom stereocenters. The number of furan rings is 2. The van der Waals surface area contributed by atoms with Gasteiger partial charge in [0.15, 0.2) is 16.5 Å². The molecular weight excluding hydrogens is 318 g/mol. The Morgan fingerprint density at radius 2 is 2.09 bits per heavy atom. The smallest absolute Gasteiger partial charge is 0.259 e. The number of nitrogens with zero attached hydrogens (tertiary/aromatic N) is 2. The SMILES string of the molecule is CC(C)n1cnc(S(=O)(=O)NCc2ccc(-c3ccco3)o2)c1. The minimum absolute atomic E-state index is 0.0102. The van der Waals surface area contributed by atoms with E-state index < -0.39 is 10.0 Å². The van der Waals surface area contributed by atoms with E-state index in [-0.39, 0.29) is 17.6 Å². The van der Waals surface area contributed by atoms with Gasteiger partial charge in [0.05, 0.1) is 19.1 Å². The summed E-state index contributed by atoms with van der Waals surface area (Å²) in [7, 11) is -3.68. The molecule has 7 nitrogen and oxygen atoms in total. The van der Waals surface area contributed by atoms with Gasteiger partial charge in [-0.3, -0.25) is 0 Å². The second-order valence-corrected chi connectivity index (χ2v) is 7.03. The number of sulfonamides is 1. The van der Waals surface area contributed by atoms with Crippen molar-refractivity contribution in [1.82, 2.24) is 14.3 Å². The van der Waals surface area contributed by atoms with E-state index in [0.29, 0.717) is 17.3 Å². The van der Waals surface area contributed by atoms with Crippen LogP contribution in [0.2, 0.25) is 0 Å². The molecule has 0 aliphatic rings. The molecule has 3 aromatic heterocycles. The third-order valence-corrected chi connectivity index (χ3v) is 4.60. The summed E-state index contributed by atoms with van der Waals surface area (Å²) in [6.45, 7) is 3.94. The van der Waals surface area contributed by atoms with Crippen molar-refractivity contribution in [3.05, 3.63) is 48.8 Å². The largest absolute Gasteiger partial charge is 0.461 e. The summed E-state index contributed by atoms with van der Waals surface area (Å²) >= 11 is 0. The summed E-state index contributed by atoms with van der Waals surface area (Å²) in [4.78, 5) is 3.93. The highest BCUT2D eigenvalue weighted by atomic mass is 32.2. The fourth-order valence-corrected chi connectivity index (χ4v) is 2.93. The quantitative estimate of drug-likeness (QED) is 0.748. The molecule has 23 heavy (non-hydrogen) atoms. The van der Waals surface area contributed by atoms with Crippen molar-refractivity contribution in [2.75, 3.05) is 0 Å². The Labute approximate surface area is 134 Å². The molecule has 1 N–H and O–H groups in total. The van der Waals surface area contributed by atoms with Crippen molar-refractivity contribution in [2.45, 2.75) is 31.5 Å². The highest BCUT2D eigenvalue weighted by molar-refractivity contribution is 7.89. The molecule has 0 aromatic carbocycles. The number of aromatic nitrogens is 2. The van der Waals surface area contributed by atoms with E-state index >= 15 is 0 Å². The first-order chi connectivity index (χ1) is 11.0. The first-order valence-electron chi connectivity index (χ1n) is 7.11. The Morgan fingerprint density at radius 3 is 2.74 bits per heavy atom. The number of imidazole rings is 1. The lowest BCUT2D eigenvalue weighted by atomic mass is 10.3. The van der Waals surface area contributed by atoms with E-state index in [4.69, 9.17) is 8.83 Å². The van der Waals surface area contributed by atoms with E-state index in [2.05, 4.69) is 9.71 Å². The lowest BCUT2D eigenvalue weighted by Crippen LogP contribution is -2.23. The molecule has 0 spiro atoms. The standard InChI is InChI=1S/C15H17N3O4S/c1-11(2)18-9-15(16-10-18)23(19,20)17-8-12-5-6-14(22-12)13-4-3-7-21-13/h3-7,9-11,17H,8H2,1-2H3. The maximum Gasteiger partial charge on any atom is 0.259 e. The molecular formula is C15H17N3O4S. The van der Waals surface area contributed by atoms with Crippen LogP contribution in [0.15, 0.2) is 56.9 Å². The van der Waals surface area contributed by atoms with Crippen LogP contribution >= 0.6 is 0 Å². The summed E-state index contributed by atoms with van der Waals surface area (Å²) in [5.41, 5.74) is 0. The van der Waals surface area contributed by atoms with Crippen molar-refractivity contribution >= 4 is 10.0 Å². The first-order valence-corrected chi connectivity index (χ1v) is 8.60. The van der Waals surface area contributed by atoms with Gasteiger partial charge in [0.1, 0.15) is 5.76 Å². The summed E-state index contributed by atoms with van der Waals surface area (Å²) in [6, 6.07) is 7.10. The molecule has 0 atom stereocenters. The molecule has 0 amide bonds. The van der Waals surface area contributed by atoms with Crippen molar-refractivity contribution in [2.24, 2.45) is 0 Å². The zero-order valence-electron chi connectivity index (χ0n) is 12.8. The second kappa shape index (κ2) is 6.05. The molecule has 0 saturated carbocycles. The topological polar surface area (TPSA) is 90.3 Å². The third kappa shape index (κ3) is 3.38. The Kier molecular flexibility index (Phi) is 4.10. The zero-order chi connectivity index (χ0) is 16.4. The molecule has 8 heteroatoms. The van der Waals surface area contributed by atoms with Gasteiger partial charge in [0.25, 0.3) is 10.0 Å². The Morgan fingerprint density at radius 1 is 1.26 bits per heavy atom. The van der Waals surface area contributed by atoms with E-state index in [1.165, 1.54) is 12.5 Å². The zero-order valence-corrected chi connectivity index (χ0v) is 13.6. The number of rotatable bonds is 6. The van der Waals surface area contributed by atoms with E-state index in [0.717, 1.165) is 0 Å². The third-order valence-electron chi connectivity index (χ3n) is 3.31. The van der Waals surface area contributed by atoms with Crippen LogP contribution in [0, 0.1) is 0 Å². The Bertz CT molecular complexity index is 876. The fraction of sp³-hybridized carbons (Fsp3) is 0.267. The van der Waals surface area contributed by atoms with Crippen LogP contribution in [0.3, 0.4) is 0 Å². The predicted molar refractivity (Wildman–Crippen MR) is 83.0 cm³/mol. The second-order valence-electron chi connectivity index (χ2n) is 5.32. The lowest BCUT2D eigenvalue weighted by Gasteiger charge is -2.04. The van der Waals surface area contributed by atoms with Gasteiger partial charge in [0, 0.05) is 12.2 Å². The number of nitrogens with one attached hydrogen (secondary N) is 1. The molecule has 0 fully saturated rings. The maximum absolute atomic E-state index is 12.2. The summed E-state index contributed by atoms with van der Waals surface area (Å²) in [6.07, 6.45) is 4.55. The minimum atomic E-state index is -3.68. The molecule has 0 bridgehead atoms. The van der Waals surface area contributed by atoms with Crippen LogP contribution in [0.4, 0.5) is 0 Å². The average molecular weight is 335 g/mol. The van der Waals surface area contributed by atoms with E-state index in [1.54, 1.807) is 35.1 Å². The van der Waals surface area contributed by atoms with E-state index in [1.807, 2.05) is 13.8 Å². The van der Waals surface area contributed by atoms with Crippen molar-refractivity contribution in [3.63, 3.8) is 0 Å². The Hall–Kier alpha value is -2.32. The molecule has 0 aliphatic carbocycles. The number of hydrogen-bond donors (Lipinski definition) is 1.